The van der Waals surface area contributed by atoms with Crippen molar-refractivity contribution < 1.29 is 9.53 Å². The SMILES string of the molecule is CNC1COCC1C(=O)N(Cc1cccs1)C(C)C. The molecule has 1 aromatic heterocycles. The summed E-state index contributed by atoms with van der Waals surface area (Å²) in [6.45, 7) is 5.97. The van der Waals surface area contributed by atoms with Crippen molar-refractivity contribution in [1.29, 1.82) is 0 Å². The van der Waals surface area contributed by atoms with Gasteiger partial charge in [0.25, 0.3) is 0 Å². The lowest BCUT2D eigenvalue weighted by Crippen LogP contribution is -2.46. The van der Waals surface area contributed by atoms with Crippen LogP contribution in [0, 0.1) is 5.92 Å². The van der Waals surface area contributed by atoms with Gasteiger partial charge in [-0.3, -0.25) is 4.79 Å². The fourth-order valence-electron chi connectivity index (χ4n) is 2.38. The highest BCUT2D eigenvalue weighted by Gasteiger charge is 2.36. The Labute approximate surface area is 118 Å². The highest BCUT2D eigenvalue weighted by atomic mass is 32.1. The number of hydrogen-bond acceptors (Lipinski definition) is 4. The zero-order valence-corrected chi connectivity index (χ0v) is 12.6. The van der Waals surface area contributed by atoms with Crippen LogP contribution in [0.1, 0.15) is 18.7 Å². The number of thiophene rings is 1. The Hall–Kier alpha value is -0.910. The molecular formula is C14H22N2O2S. The second-order valence-corrected chi connectivity index (χ2v) is 6.21. The van der Waals surface area contributed by atoms with Crippen molar-refractivity contribution in [3.05, 3.63) is 22.4 Å². The van der Waals surface area contributed by atoms with E-state index in [2.05, 4.69) is 25.2 Å². The number of likely N-dealkylation sites (N-methyl/N-ethyl adjacent to an activating group) is 1. The monoisotopic (exact) mass is 282 g/mol. The molecule has 0 saturated carbocycles. The normalized spacial score (nSPS) is 22.9. The van der Waals surface area contributed by atoms with Crippen LogP contribution in [-0.4, -0.2) is 43.2 Å². The van der Waals surface area contributed by atoms with Crippen molar-refractivity contribution in [1.82, 2.24) is 10.2 Å². The van der Waals surface area contributed by atoms with Crippen LogP contribution in [0.15, 0.2) is 17.5 Å². The number of nitrogens with one attached hydrogen (secondary N) is 1. The van der Waals surface area contributed by atoms with E-state index < -0.39 is 0 Å². The molecule has 1 aromatic rings. The lowest BCUT2D eigenvalue weighted by atomic mass is 10.0. The summed E-state index contributed by atoms with van der Waals surface area (Å²) in [5, 5.41) is 5.23. The van der Waals surface area contributed by atoms with Crippen molar-refractivity contribution in [2.45, 2.75) is 32.5 Å². The van der Waals surface area contributed by atoms with E-state index in [-0.39, 0.29) is 23.9 Å². The molecular weight excluding hydrogens is 260 g/mol. The minimum Gasteiger partial charge on any atom is -0.379 e. The average Bonchev–Trinajstić information content (AvgIpc) is 3.05. The molecule has 0 bridgehead atoms. The van der Waals surface area contributed by atoms with Gasteiger partial charge < -0.3 is 15.0 Å². The third-order valence-corrected chi connectivity index (χ3v) is 4.44. The Balaban J connectivity index is 2.08. The smallest absolute Gasteiger partial charge is 0.230 e. The number of ether oxygens (including phenoxy) is 1. The molecule has 2 heterocycles. The Morgan fingerprint density at radius 3 is 2.95 bits per heavy atom. The molecule has 2 unspecified atom stereocenters. The molecule has 0 spiro atoms. The minimum absolute atomic E-state index is 0.0626. The first kappa shape index (κ1) is 14.5. The summed E-state index contributed by atoms with van der Waals surface area (Å²) < 4.78 is 5.44. The molecule has 1 aliphatic rings. The summed E-state index contributed by atoms with van der Waals surface area (Å²) in [4.78, 5) is 15.9. The Kier molecular flexibility index (Phi) is 4.96. The van der Waals surface area contributed by atoms with Crippen molar-refractivity contribution in [2.24, 2.45) is 5.92 Å². The summed E-state index contributed by atoms with van der Waals surface area (Å²) in [6, 6.07) is 4.44. The molecule has 1 saturated heterocycles. The number of hydrogen-bond donors (Lipinski definition) is 1. The van der Waals surface area contributed by atoms with E-state index >= 15 is 0 Å². The van der Waals surface area contributed by atoms with Crippen LogP contribution in [0.4, 0.5) is 0 Å². The van der Waals surface area contributed by atoms with Crippen molar-refractivity contribution in [2.75, 3.05) is 20.3 Å². The molecule has 0 aliphatic carbocycles. The summed E-state index contributed by atoms with van der Waals surface area (Å²) in [6.07, 6.45) is 0. The highest BCUT2D eigenvalue weighted by molar-refractivity contribution is 7.09. The standard InChI is InChI=1S/C14H22N2O2S/c1-10(2)16(7-11-5-4-6-19-11)14(17)12-8-18-9-13(12)15-3/h4-6,10,12-13,15H,7-9H2,1-3H3. The molecule has 19 heavy (non-hydrogen) atoms. The summed E-state index contributed by atoms with van der Waals surface area (Å²) in [5.74, 6) is 0.132. The van der Waals surface area contributed by atoms with E-state index in [0.717, 1.165) is 0 Å². The first-order valence-electron chi connectivity index (χ1n) is 6.71. The van der Waals surface area contributed by atoms with E-state index in [1.165, 1.54) is 4.88 Å². The summed E-state index contributed by atoms with van der Waals surface area (Å²) >= 11 is 1.69. The molecule has 0 radical (unpaired) electrons. The fourth-order valence-corrected chi connectivity index (χ4v) is 3.08. The van der Waals surface area contributed by atoms with Crippen LogP contribution in [0.3, 0.4) is 0 Å². The van der Waals surface area contributed by atoms with Gasteiger partial charge in [-0.15, -0.1) is 11.3 Å². The number of rotatable bonds is 5. The van der Waals surface area contributed by atoms with E-state index in [1.54, 1.807) is 11.3 Å². The topological polar surface area (TPSA) is 41.6 Å². The minimum atomic E-state index is -0.0626. The molecule has 1 fully saturated rings. The Morgan fingerprint density at radius 2 is 2.37 bits per heavy atom. The molecule has 1 aliphatic heterocycles. The second-order valence-electron chi connectivity index (χ2n) is 5.18. The maximum absolute atomic E-state index is 12.7. The van der Waals surface area contributed by atoms with E-state index in [4.69, 9.17) is 4.74 Å². The highest BCUT2D eigenvalue weighted by Crippen LogP contribution is 2.21. The molecule has 4 nitrogen and oxygen atoms in total. The first-order chi connectivity index (χ1) is 9.13. The fraction of sp³-hybridized carbons (Fsp3) is 0.643. The van der Waals surface area contributed by atoms with Crippen LogP contribution in [0.2, 0.25) is 0 Å². The van der Waals surface area contributed by atoms with Gasteiger partial charge >= 0.3 is 0 Å². The Morgan fingerprint density at radius 1 is 1.58 bits per heavy atom. The van der Waals surface area contributed by atoms with Crippen molar-refractivity contribution >= 4 is 17.2 Å². The molecule has 106 valence electrons. The van der Waals surface area contributed by atoms with Gasteiger partial charge in [0, 0.05) is 17.0 Å². The van der Waals surface area contributed by atoms with Gasteiger partial charge in [0.1, 0.15) is 0 Å². The average molecular weight is 282 g/mol. The molecule has 5 heteroatoms. The first-order valence-corrected chi connectivity index (χ1v) is 7.59. The molecule has 2 rings (SSSR count). The maximum atomic E-state index is 12.7. The van der Waals surface area contributed by atoms with Gasteiger partial charge in [0.05, 0.1) is 25.7 Å². The predicted molar refractivity (Wildman–Crippen MR) is 77.2 cm³/mol. The largest absolute Gasteiger partial charge is 0.379 e. The van der Waals surface area contributed by atoms with Crippen LogP contribution >= 0.6 is 11.3 Å². The molecule has 2 atom stereocenters. The van der Waals surface area contributed by atoms with E-state index in [0.29, 0.717) is 19.8 Å². The third kappa shape index (κ3) is 3.35. The number of amides is 1. The van der Waals surface area contributed by atoms with Crippen molar-refractivity contribution in [3.8, 4) is 0 Å². The lowest BCUT2D eigenvalue weighted by molar-refractivity contribution is -0.138. The molecule has 1 N–H and O–H groups in total. The zero-order chi connectivity index (χ0) is 13.8. The maximum Gasteiger partial charge on any atom is 0.230 e. The predicted octanol–water partition coefficient (Wildman–Crippen LogP) is 1.72. The summed E-state index contributed by atoms with van der Waals surface area (Å²) in [7, 11) is 1.89. The number of carbonyl (C=O) groups is 1. The third-order valence-electron chi connectivity index (χ3n) is 3.58. The zero-order valence-electron chi connectivity index (χ0n) is 11.8. The quantitative estimate of drug-likeness (QED) is 0.894. The molecule has 0 aromatic carbocycles. The van der Waals surface area contributed by atoms with Crippen LogP contribution in [0.5, 0.6) is 0 Å². The second kappa shape index (κ2) is 6.50. The van der Waals surface area contributed by atoms with Gasteiger partial charge in [0.2, 0.25) is 5.91 Å². The van der Waals surface area contributed by atoms with Crippen molar-refractivity contribution in [3.63, 3.8) is 0 Å². The van der Waals surface area contributed by atoms with Gasteiger partial charge in [-0.05, 0) is 32.3 Å². The van der Waals surface area contributed by atoms with E-state index in [9.17, 15) is 4.79 Å². The van der Waals surface area contributed by atoms with Crippen LogP contribution in [-0.2, 0) is 16.1 Å². The number of nitrogens with zero attached hydrogens (tertiary/aromatic N) is 1. The van der Waals surface area contributed by atoms with Gasteiger partial charge in [-0.2, -0.15) is 0 Å². The van der Waals surface area contributed by atoms with Gasteiger partial charge in [0.15, 0.2) is 0 Å². The lowest BCUT2D eigenvalue weighted by Gasteiger charge is -2.30. The molecule has 1 amide bonds. The van der Waals surface area contributed by atoms with E-state index in [1.807, 2.05) is 23.4 Å². The van der Waals surface area contributed by atoms with Gasteiger partial charge in [-0.1, -0.05) is 6.07 Å². The van der Waals surface area contributed by atoms with Gasteiger partial charge in [-0.25, -0.2) is 0 Å². The Bertz CT molecular complexity index is 406. The van der Waals surface area contributed by atoms with Crippen LogP contribution < -0.4 is 5.32 Å². The van der Waals surface area contributed by atoms with Crippen LogP contribution in [0.25, 0.3) is 0 Å². The number of carbonyl (C=O) groups excluding carboxylic acids is 1. The summed E-state index contributed by atoms with van der Waals surface area (Å²) in [5.41, 5.74) is 0.